The number of carboxylic acid groups (broad SMARTS) is 1. The molecular weight excluding hydrogens is 359 g/mol. The van der Waals surface area contributed by atoms with Crippen molar-refractivity contribution >= 4 is 13.8 Å². The predicted molar refractivity (Wildman–Crippen MR) is 119 cm³/mol. The maximum absolute atomic E-state index is 11.9. The Labute approximate surface area is 175 Å². The quantitative estimate of drug-likeness (QED) is 0.500. The van der Waals surface area contributed by atoms with Crippen molar-refractivity contribution in [3.8, 4) is 11.1 Å². The average molecular weight is 390 g/mol. The highest BCUT2D eigenvalue weighted by atomic mass is 16.4. The van der Waals surface area contributed by atoms with Crippen molar-refractivity contribution in [2.75, 3.05) is 13.1 Å². The Kier molecular flexibility index (Phi) is 7.51. The molecule has 1 atom stereocenters. The van der Waals surface area contributed by atoms with Crippen LogP contribution >= 0.6 is 0 Å². The number of benzene rings is 2. The maximum atomic E-state index is 11.9. The van der Waals surface area contributed by atoms with E-state index in [1.165, 1.54) is 16.7 Å². The number of aliphatic carboxylic acids is 1. The molecule has 0 aliphatic carbocycles. The van der Waals surface area contributed by atoms with Gasteiger partial charge in [0.15, 0.2) is 0 Å². The van der Waals surface area contributed by atoms with Crippen molar-refractivity contribution in [1.82, 2.24) is 4.90 Å². The standard InChI is InChI=1S/C24H31BN2O2/c25-15-7-6-14-24(26,23(28)29)21-12-16-27(17-13-21)18-20-10-4-5-11-22(20)19-8-2-1-3-9-19/h1-5,8-11,21H,6-7,12-18,26H2,(H,28,29). The van der Waals surface area contributed by atoms with E-state index >= 15 is 0 Å². The van der Waals surface area contributed by atoms with Crippen LogP contribution in [-0.4, -0.2) is 42.5 Å². The molecule has 1 heterocycles. The van der Waals surface area contributed by atoms with Crippen LogP contribution in [0, 0.1) is 5.92 Å². The first-order chi connectivity index (χ1) is 14.0. The van der Waals surface area contributed by atoms with Crippen molar-refractivity contribution in [1.29, 1.82) is 0 Å². The fourth-order valence-corrected chi connectivity index (χ4v) is 4.45. The molecule has 1 fully saturated rings. The van der Waals surface area contributed by atoms with Crippen molar-refractivity contribution in [3.63, 3.8) is 0 Å². The van der Waals surface area contributed by atoms with E-state index in [1.807, 2.05) is 6.07 Å². The van der Waals surface area contributed by atoms with Gasteiger partial charge in [0.2, 0.25) is 0 Å². The summed E-state index contributed by atoms with van der Waals surface area (Å²) in [6.45, 7) is 2.61. The number of nitrogens with zero attached hydrogens (tertiary/aromatic N) is 1. The van der Waals surface area contributed by atoms with Gasteiger partial charge < -0.3 is 10.8 Å². The summed E-state index contributed by atoms with van der Waals surface area (Å²) < 4.78 is 0. The van der Waals surface area contributed by atoms with Crippen LogP contribution in [0.15, 0.2) is 54.6 Å². The van der Waals surface area contributed by atoms with Gasteiger partial charge in [0.05, 0.1) is 7.85 Å². The summed E-state index contributed by atoms with van der Waals surface area (Å²) >= 11 is 0. The normalized spacial score (nSPS) is 17.7. The number of nitrogens with two attached hydrogens (primary N) is 1. The summed E-state index contributed by atoms with van der Waals surface area (Å²) in [7, 11) is 5.56. The molecule has 2 aromatic rings. The Balaban J connectivity index is 1.64. The zero-order valence-electron chi connectivity index (χ0n) is 17.1. The van der Waals surface area contributed by atoms with Crippen molar-refractivity contribution in [2.45, 2.75) is 50.5 Å². The Morgan fingerprint density at radius 2 is 1.72 bits per heavy atom. The molecule has 5 heteroatoms. The van der Waals surface area contributed by atoms with Crippen LogP contribution in [0.5, 0.6) is 0 Å². The molecule has 29 heavy (non-hydrogen) atoms. The predicted octanol–water partition coefficient (Wildman–Crippen LogP) is 4.10. The topological polar surface area (TPSA) is 66.6 Å². The number of carboxylic acids is 1. The molecule has 1 aliphatic heterocycles. The molecule has 1 aliphatic rings. The van der Waals surface area contributed by atoms with Gasteiger partial charge >= 0.3 is 5.97 Å². The van der Waals surface area contributed by atoms with E-state index in [0.717, 1.165) is 45.3 Å². The van der Waals surface area contributed by atoms with Crippen LogP contribution in [0.25, 0.3) is 11.1 Å². The first-order valence-corrected chi connectivity index (χ1v) is 10.6. The molecule has 2 radical (unpaired) electrons. The Hall–Kier alpha value is -2.11. The van der Waals surface area contributed by atoms with Gasteiger partial charge in [-0.1, -0.05) is 73.8 Å². The number of carbonyl (C=O) groups is 1. The third-order valence-electron chi connectivity index (χ3n) is 6.25. The zero-order valence-corrected chi connectivity index (χ0v) is 17.1. The van der Waals surface area contributed by atoms with Crippen LogP contribution in [-0.2, 0) is 11.3 Å². The molecule has 0 spiro atoms. The van der Waals surface area contributed by atoms with Gasteiger partial charge in [-0.15, -0.1) is 0 Å². The summed E-state index contributed by atoms with van der Waals surface area (Å²) in [5.74, 6) is -0.860. The van der Waals surface area contributed by atoms with Gasteiger partial charge in [0.25, 0.3) is 0 Å². The molecule has 1 saturated heterocycles. The first kappa shape index (κ1) is 21.6. The molecule has 0 saturated carbocycles. The van der Waals surface area contributed by atoms with E-state index in [1.54, 1.807) is 0 Å². The van der Waals surface area contributed by atoms with Gasteiger partial charge in [-0.05, 0) is 55.0 Å². The SMILES string of the molecule is [B]CCCCC(N)(C(=O)O)C1CCN(Cc2ccccc2-c2ccccc2)CC1. The smallest absolute Gasteiger partial charge is 0.323 e. The van der Waals surface area contributed by atoms with Crippen molar-refractivity contribution < 1.29 is 9.90 Å². The van der Waals surface area contributed by atoms with E-state index in [4.69, 9.17) is 13.6 Å². The lowest BCUT2D eigenvalue weighted by atomic mass is 9.75. The number of hydrogen-bond acceptors (Lipinski definition) is 3. The lowest BCUT2D eigenvalue weighted by Gasteiger charge is -2.40. The lowest BCUT2D eigenvalue weighted by Crippen LogP contribution is -2.56. The molecule has 0 amide bonds. The highest BCUT2D eigenvalue weighted by Crippen LogP contribution is 2.32. The van der Waals surface area contributed by atoms with E-state index in [0.29, 0.717) is 12.7 Å². The largest absolute Gasteiger partial charge is 0.480 e. The Morgan fingerprint density at radius 1 is 1.07 bits per heavy atom. The highest BCUT2D eigenvalue weighted by molar-refractivity contribution is 6.08. The number of rotatable bonds is 9. The van der Waals surface area contributed by atoms with Crippen LogP contribution in [0.3, 0.4) is 0 Å². The maximum Gasteiger partial charge on any atom is 0.323 e. The number of likely N-dealkylation sites (tertiary alicyclic amines) is 1. The number of unbranched alkanes of at least 4 members (excludes halogenated alkanes) is 1. The third kappa shape index (κ3) is 5.28. The highest BCUT2D eigenvalue weighted by Gasteiger charge is 2.42. The van der Waals surface area contributed by atoms with Gasteiger partial charge in [-0.2, -0.15) is 0 Å². The summed E-state index contributed by atoms with van der Waals surface area (Å²) in [4.78, 5) is 14.3. The number of hydrogen-bond donors (Lipinski definition) is 2. The fraction of sp³-hybridized carbons (Fsp3) is 0.458. The average Bonchev–Trinajstić information content (AvgIpc) is 2.75. The molecule has 3 rings (SSSR count). The fourth-order valence-electron chi connectivity index (χ4n) is 4.45. The van der Waals surface area contributed by atoms with Gasteiger partial charge in [0, 0.05) is 6.54 Å². The van der Waals surface area contributed by atoms with E-state index in [2.05, 4.69) is 53.4 Å². The summed E-state index contributed by atoms with van der Waals surface area (Å²) in [6.07, 6.45) is 4.30. The summed E-state index contributed by atoms with van der Waals surface area (Å²) in [6, 6.07) is 19.0. The van der Waals surface area contributed by atoms with Crippen molar-refractivity contribution in [2.24, 2.45) is 11.7 Å². The minimum Gasteiger partial charge on any atom is -0.480 e. The monoisotopic (exact) mass is 390 g/mol. The third-order valence-corrected chi connectivity index (χ3v) is 6.25. The number of piperidine rings is 1. The molecule has 152 valence electrons. The van der Waals surface area contributed by atoms with E-state index in [-0.39, 0.29) is 5.92 Å². The molecule has 1 unspecified atom stereocenters. The zero-order chi connectivity index (χ0) is 20.7. The van der Waals surface area contributed by atoms with Gasteiger partial charge in [-0.25, -0.2) is 0 Å². The first-order valence-electron chi connectivity index (χ1n) is 10.6. The summed E-state index contributed by atoms with van der Waals surface area (Å²) in [5.41, 5.74) is 9.05. The lowest BCUT2D eigenvalue weighted by molar-refractivity contribution is -0.147. The van der Waals surface area contributed by atoms with Gasteiger partial charge in [0.1, 0.15) is 5.54 Å². The molecule has 3 N–H and O–H groups in total. The van der Waals surface area contributed by atoms with E-state index < -0.39 is 11.5 Å². The van der Waals surface area contributed by atoms with Crippen molar-refractivity contribution in [3.05, 3.63) is 60.2 Å². The molecule has 4 nitrogen and oxygen atoms in total. The molecular formula is C24H31BN2O2. The molecule has 0 bridgehead atoms. The second-order valence-electron chi connectivity index (χ2n) is 8.16. The second kappa shape index (κ2) is 10.1. The van der Waals surface area contributed by atoms with Gasteiger partial charge in [-0.3, -0.25) is 9.69 Å². The van der Waals surface area contributed by atoms with Crippen LogP contribution in [0.2, 0.25) is 6.32 Å². The summed E-state index contributed by atoms with van der Waals surface area (Å²) in [5, 5.41) is 9.78. The minimum absolute atomic E-state index is 0.0124. The Bertz CT molecular complexity index is 790. The van der Waals surface area contributed by atoms with Crippen LogP contribution in [0.1, 0.15) is 37.7 Å². The Morgan fingerprint density at radius 3 is 2.38 bits per heavy atom. The second-order valence-corrected chi connectivity index (χ2v) is 8.16. The van der Waals surface area contributed by atoms with E-state index in [9.17, 15) is 9.90 Å². The minimum atomic E-state index is -1.14. The molecule has 0 aromatic heterocycles. The molecule has 2 aromatic carbocycles. The van der Waals surface area contributed by atoms with Crippen LogP contribution < -0.4 is 5.73 Å². The van der Waals surface area contributed by atoms with Crippen LogP contribution in [0.4, 0.5) is 0 Å².